The van der Waals surface area contributed by atoms with Crippen LogP contribution in [0.4, 0.5) is 0 Å². The number of nitrogens with zero attached hydrogens (tertiary/aromatic N) is 3. The van der Waals surface area contributed by atoms with Gasteiger partial charge in [-0.2, -0.15) is 5.10 Å². The van der Waals surface area contributed by atoms with Crippen LogP contribution in [0.25, 0.3) is 10.9 Å². The molecular weight excluding hydrogens is 364 g/mol. The number of ketones is 2. The fourth-order valence-corrected chi connectivity index (χ4v) is 3.24. The predicted molar refractivity (Wildman–Crippen MR) is 102 cm³/mol. The van der Waals surface area contributed by atoms with Crippen molar-refractivity contribution in [2.75, 3.05) is 0 Å². The van der Waals surface area contributed by atoms with Crippen LogP contribution in [0, 0.1) is 0 Å². The molecule has 0 aliphatic carbocycles. The monoisotopic (exact) mass is 378 g/mol. The van der Waals surface area contributed by atoms with E-state index in [0.717, 1.165) is 16.5 Å². The van der Waals surface area contributed by atoms with E-state index in [2.05, 4.69) is 15.2 Å². The highest BCUT2D eigenvalue weighted by molar-refractivity contribution is 6.31. The Labute approximate surface area is 159 Å². The molecule has 4 aromatic rings. The molecule has 0 saturated heterocycles. The number of benzene rings is 2. The molecular formula is C20H15ClN4O2. The van der Waals surface area contributed by atoms with Crippen LogP contribution >= 0.6 is 11.6 Å². The Morgan fingerprint density at radius 2 is 1.89 bits per heavy atom. The van der Waals surface area contributed by atoms with Gasteiger partial charge in [0.15, 0.2) is 11.6 Å². The zero-order chi connectivity index (χ0) is 18.8. The Balaban J connectivity index is 1.70. The van der Waals surface area contributed by atoms with Crippen LogP contribution in [0.2, 0.25) is 5.02 Å². The summed E-state index contributed by atoms with van der Waals surface area (Å²) in [5.74, 6) is -0.603. The molecule has 4 rings (SSSR count). The average molecular weight is 379 g/mol. The SMILES string of the molecule is O=C(CC(=O)c1cn(Cc2ccccc2)c2ccc(Cl)cc12)c1ncn[nH]1. The molecule has 2 aromatic heterocycles. The minimum absolute atomic E-state index is 0.0782. The van der Waals surface area contributed by atoms with E-state index in [-0.39, 0.29) is 18.0 Å². The summed E-state index contributed by atoms with van der Waals surface area (Å²) in [6.07, 6.45) is 2.74. The number of aromatic nitrogens is 4. The maximum atomic E-state index is 12.8. The molecule has 0 spiro atoms. The first-order valence-corrected chi connectivity index (χ1v) is 8.73. The predicted octanol–water partition coefficient (Wildman–Crippen LogP) is 3.92. The molecule has 0 saturated carbocycles. The van der Waals surface area contributed by atoms with Gasteiger partial charge in [-0.25, -0.2) is 4.98 Å². The Hall–Kier alpha value is -3.25. The van der Waals surface area contributed by atoms with Gasteiger partial charge in [-0.05, 0) is 23.8 Å². The van der Waals surface area contributed by atoms with E-state index in [1.54, 1.807) is 18.3 Å². The van der Waals surface area contributed by atoms with Crippen molar-refractivity contribution in [2.45, 2.75) is 13.0 Å². The molecule has 0 amide bonds. The Kier molecular flexibility index (Phi) is 4.56. The van der Waals surface area contributed by atoms with Crippen molar-refractivity contribution in [3.63, 3.8) is 0 Å². The number of hydrogen-bond donors (Lipinski definition) is 1. The molecule has 0 unspecified atom stereocenters. The summed E-state index contributed by atoms with van der Waals surface area (Å²) >= 11 is 6.14. The summed E-state index contributed by atoms with van der Waals surface area (Å²) in [5.41, 5.74) is 2.47. The van der Waals surface area contributed by atoms with Gasteiger partial charge in [0.05, 0.1) is 6.42 Å². The highest BCUT2D eigenvalue weighted by Crippen LogP contribution is 2.27. The third-order valence-corrected chi connectivity index (χ3v) is 4.57. The number of fused-ring (bicyclic) bond motifs is 1. The van der Waals surface area contributed by atoms with Gasteiger partial charge in [-0.3, -0.25) is 14.7 Å². The number of H-pyrrole nitrogens is 1. The van der Waals surface area contributed by atoms with Crippen LogP contribution in [-0.4, -0.2) is 31.3 Å². The summed E-state index contributed by atoms with van der Waals surface area (Å²) in [7, 11) is 0. The largest absolute Gasteiger partial charge is 0.342 e. The van der Waals surface area contributed by atoms with Crippen molar-refractivity contribution in [1.82, 2.24) is 19.7 Å². The van der Waals surface area contributed by atoms with Crippen molar-refractivity contribution in [1.29, 1.82) is 0 Å². The van der Waals surface area contributed by atoms with Crippen LogP contribution in [0.5, 0.6) is 0 Å². The topological polar surface area (TPSA) is 80.6 Å². The number of aromatic amines is 1. The van der Waals surface area contributed by atoms with Crippen LogP contribution in [-0.2, 0) is 6.54 Å². The standard InChI is InChI=1S/C20H15ClN4O2/c21-14-6-7-17-15(8-14)16(11-25(17)10-13-4-2-1-3-5-13)18(26)9-19(27)20-22-12-23-24-20/h1-8,11-12H,9-10H2,(H,22,23,24). The fourth-order valence-electron chi connectivity index (χ4n) is 3.07. The molecule has 0 aliphatic rings. The minimum Gasteiger partial charge on any atom is -0.342 e. The van der Waals surface area contributed by atoms with Gasteiger partial charge in [0.2, 0.25) is 5.78 Å². The van der Waals surface area contributed by atoms with Crippen molar-refractivity contribution < 1.29 is 9.59 Å². The molecule has 0 radical (unpaired) electrons. The first kappa shape index (κ1) is 17.2. The van der Waals surface area contributed by atoms with E-state index in [0.29, 0.717) is 17.1 Å². The fraction of sp³-hybridized carbons (Fsp3) is 0.100. The number of halogens is 1. The third-order valence-electron chi connectivity index (χ3n) is 4.34. The molecule has 0 aliphatic heterocycles. The average Bonchev–Trinajstić information content (AvgIpc) is 3.31. The lowest BCUT2D eigenvalue weighted by Crippen LogP contribution is -2.10. The Morgan fingerprint density at radius 1 is 1.07 bits per heavy atom. The lowest BCUT2D eigenvalue weighted by Gasteiger charge is -2.05. The molecule has 1 N–H and O–H groups in total. The first-order valence-electron chi connectivity index (χ1n) is 8.36. The Morgan fingerprint density at radius 3 is 2.63 bits per heavy atom. The molecule has 0 fully saturated rings. The second-order valence-corrected chi connectivity index (χ2v) is 6.61. The molecule has 2 heterocycles. The minimum atomic E-state index is -0.400. The van der Waals surface area contributed by atoms with E-state index >= 15 is 0 Å². The van der Waals surface area contributed by atoms with Gasteiger partial charge in [-0.15, -0.1) is 0 Å². The normalized spacial score (nSPS) is 11.0. The van der Waals surface area contributed by atoms with Crippen molar-refractivity contribution >= 4 is 34.1 Å². The van der Waals surface area contributed by atoms with Crippen LogP contribution < -0.4 is 0 Å². The summed E-state index contributed by atoms with van der Waals surface area (Å²) in [6.45, 7) is 0.613. The number of carbonyl (C=O) groups excluding carboxylic acids is 2. The number of nitrogens with one attached hydrogen (secondary N) is 1. The maximum absolute atomic E-state index is 12.8. The van der Waals surface area contributed by atoms with Gasteiger partial charge in [-0.1, -0.05) is 41.9 Å². The molecule has 2 aromatic carbocycles. The first-order chi connectivity index (χ1) is 13.1. The molecule has 134 valence electrons. The third kappa shape index (κ3) is 3.52. The molecule has 0 atom stereocenters. The van der Waals surface area contributed by atoms with Crippen molar-refractivity contribution in [3.05, 3.63) is 83.0 Å². The van der Waals surface area contributed by atoms with E-state index in [4.69, 9.17) is 11.6 Å². The van der Waals surface area contributed by atoms with Crippen molar-refractivity contribution in [2.24, 2.45) is 0 Å². The lowest BCUT2D eigenvalue weighted by atomic mass is 10.0. The van der Waals surface area contributed by atoms with Gasteiger partial charge in [0.1, 0.15) is 6.33 Å². The molecule has 0 bridgehead atoms. The van der Waals surface area contributed by atoms with E-state index in [1.807, 2.05) is 41.0 Å². The summed E-state index contributed by atoms with van der Waals surface area (Å²) in [6, 6.07) is 15.4. The Bertz CT molecular complexity index is 1120. The number of hydrogen-bond acceptors (Lipinski definition) is 4. The molecule has 27 heavy (non-hydrogen) atoms. The highest BCUT2D eigenvalue weighted by Gasteiger charge is 2.20. The van der Waals surface area contributed by atoms with Gasteiger partial charge >= 0.3 is 0 Å². The van der Waals surface area contributed by atoms with Crippen LogP contribution in [0.1, 0.15) is 33.0 Å². The molecule has 6 nitrogen and oxygen atoms in total. The van der Waals surface area contributed by atoms with Gasteiger partial charge in [0.25, 0.3) is 0 Å². The zero-order valence-electron chi connectivity index (χ0n) is 14.2. The summed E-state index contributed by atoms with van der Waals surface area (Å²) in [5, 5.41) is 7.40. The van der Waals surface area contributed by atoms with E-state index < -0.39 is 5.78 Å². The summed E-state index contributed by atoms with van der Waals surface area (Å²) in [4.78, 5) is 28.8. The molecule has 7 heteroatoms. The number of carbonyl (C=O) groups is 2. The van der Waals surface area contributed by atoms with Crippen LogP contribution in [0.15, 0.2) is 61.1 Å². The second kappa shape index (κ2) is 7.17. The van der Waals surface area contributed by atoms with Gasteiger partial charge in [0, 0.05) is 34.2 Å². The number of Topliss-reactive ketones (excluding diaryl/α,β-unsaturated/α-hetero) is 2. The van der Waals surface area contributed by atoms with E-state index in [1.165, 1.54) is 6.33 Å². The maximum Gasteiger partial charge on any atom is 0.207 e. The number of rotatable bonds is 6. The van der Waals surface area contributed by atoms with Gasteiger partial charge < -0.3 is 4.57 Å². The van der Waals surface area contributed by atoms with Crippen LogP contribution in [0.3, 0.4) is 0 Å². The van der Waals surface area contributed by atoms with E-state index in [9.17, 15) is 9.59 Å². The zero-order valence-corrected chi connectivity index (χ0v) is 15.0. The van der Waals surface area contributed by atoms with Crippen molar-refractivity contribution in [3.8, 4) is 0 Å². The lowest BCUT2D eigenvalue weighted by molar-refractivity contribution is 0.0889. The quantitative estimate of drug-likeness (QED) is 0.407. The second-order valence-electron chi connectivity index (χ2n) is 6.17. The summed E-state index contributed by atoms with van der Waals surface area (Å²) < 4.78 is 1.99. The highest BCUT2D eigenvalue weighted by atomic mass is 35.5. The smallest absolute Gasteiger partial charge is 0.207 e.